The third-order valence-corrected chi connectivity index (χ3v) is 7.28. The molecule has 0 fully saturated rings. The van der Waals surface area contributed by atoms with Crippen LogP contribution in [0.4, 0.5) is 0 Å². The van der Waals surface area contributed by atoms with Gasteiger partial charge in [0.2, 0.25) is 0 Å². The smallest absolute Gasteiger partial charge is 0.188 e. The fourth-order valence-electron chi connectivity index (χ4n) is 3.51. The molecule has 0 spiro atoms. The van der Waals surface area contributed by atoms with E-state index in [2.05, 4.69) is 69.1 Å². The third kappa shape index (κ3) is 4.97. The Labute approximate surface area is 166 Å². The maximum Gasteiger partial charge on any atom is 0.188 e. The van der Waals surface area contributed by atoms with Crippen molar-refractivity contribution >= 4 is 20.1 Å². The zero-order valence-corrected chi connectivity index (χ0v) is 18.4. The lowest BCUT2D eigenvalue weighted by molar-refractivity contribution is 0.0494. The zero-order chi connectivity index (χ0) is 19.9. The van der Waals surface area contributed by atoms with Crippen LogP contribution in [-0.2, 0) is 9.89 Å². The lowest BCUT2D eigenvalue weighted by Gasteiger charge is -2.35. The van der Waals surface area contributed by atoms with Gasteiger partial charge in [-0.3, -0.25) is 4.99 Å². The second-order valence-electron chi connectivity index (χ2n) is 6.89. The Morgan fingerprint density at radius 2 is 1.85 bits per heavy atom. The van der Waals surface area contributed by atoms with Gasteiger partial charge in [-0.25, -0.2) is 0 Å². The Balaban J connectivity index is 2.56. The van der Waals surface area contributed by atoms with Crippen LogP contribution in [0.1, 0.15) is 48.9 Å². The van der Waals surface area contributed by atoms with E-state index >= 15 is 0 Å². The minimum atomic E-state index is 0.0285. The fourth-order valence-corrected chi connectivity index (χ4v) is 5.16. The number of methoxy groups -OCH3 is 1. The molecule has 0 N–H and O–H groups in total. The first-order valence-corrected chi connectivity index (χ1v) is 10.5. The van der Waals surface area contributed by atoms with Crippen molar-refractivity contribution in [2.75, 3.05) is 21.0 Å². The number of benzene rings is 2. The zero-order valence-electron chi connectivity index (χ0n) is 17.4. The molecule has 1 atom stereocenters. The van der Waals surface area contributed by atoms with Crippen LogP contribution in [0, 0.1) is 13.8 Å². The van der Waals surface area contributed by atoms with Crippen LogP contribution in [0.2, 0.25) is 0 Å². The largest absolute Gasteiger partial charge is 0.467 e. The van der Waals surface area contributed by atoms with Gasteiger partial charge >= 0.3 is 0 Å². The first-order valence-electron chi connectivity index (χ1n) is 9.54. The van der Waals surface area contributed by atoms with E-state index in [9.17, 15) is 0 Å². The van der Waals surface area contributed by atoms with Gasteiger partial charge in [-0.2, -0.15) is 0 Å². The Morgan fingerprint density at radius 1 is 1.11 bits per heavy atom. The first-order chi connectivity index (χ1) is 13.0. The molecular formula is C23H32NO2P. The Bertz CT molecular complexity index is 782. The standard InChI is InChI=1S/C23H32NO2P/c1-7-23(8-2,20-11-9-10-18(4)22(20)26-16-25-6)27-21-13-12-17(3)14-19(21)15-24-5/h9-15,27H,7-8,16H2,1-6H3/b24-15+. The number of ether oxygens (including phenoxy) is 2. The van der Waals surface area contributed by atoms with Gasteiger partial charge in [0.1, 0.15) is 5.75 Å². The molecule has 4 heteroatoms. The lowest BCUT2D eigenvalue weighted by Crippen LogP contribution is -2.24. The van der Waals surface area contributed by atoms with Crippen LogP contribution in [-0.4, -0.2) is 27.2 Å². The van der Waals surface area contributed by atoms with E-state index in [1.165, 1.54) is 22.0 Å². The molecule has 146 valence electrons. The molecule has 0 aliphatic heterocycles. The molecule has 27 heavy (non-hydrogen) atoms. The summed E-state index contributed by atoms with van der Waals surface area (Å²) in [7, 11) is 4.13. The molecule has 2 aromatic carbocycles. The van der Waals surface area contributed by atoms with Crippen molar-refractivity contribution in [1.82, 2.24) is 0 Å². The number of aryl methyl sites for hydroxylation is 2. The number of rotatable bonds is 9. The predicted octanol–water partition coefficient (Wildman–Crippen LogP) is 5.35. The molecule has 0 saturated carbocycles. The molecule has 3 nitrogen and oxygen atoms in total. The van der Waals surface area contributed by atoms with Crippen molar-refractivity contribution in [2.24, 2.45) is 4.99 Å². The summed E-state index contributed by atoms with van der Waals surface area (Å²) in [5, 5.41) is 1.38. The number of nitrogens with zero attached hydrogens (tertiary/aromatic N) is 1. The van der Waals surface area contributed by atoms with Crippen molar-refractivity contribution in [2.45, 2.75) is 45.7 Å². The topological polar surface area (TPSA) is 30.8 Å². The summed E-state index contributed by atoms with van der Waals surface area (Å²) >= 11 is 0. The fraction of sp³-hybridized carbons (Fsp3) is 0.435. The monoisotopic (exact) mass is 385 g/mol. The van der Waals surface area contributed by atoms with Crippen molar-refractivity contribution in [1.29, 1.82) is 0 Å². The van der Waals surface area contributed by atoms with Crippen LogP contribution in [0.25, 0.3) is 0 Å². The molecule has 0 aromatic heterocycles. The molecule has 2 aromatic rings. The van der Waals surface area contributed by atoms with Crippen molar-refractivity contribution in [3.8, 4) is 5.75 Å². The predicted molar refractivity (Wildman–Crippen MR) is 119 cm³/mol. The van der Waals surface area contributed by atoms with E-state index < -0.39 is 0 Å². The number of para-hydroxylation sites is 1. The normalized spacial score (nSPS) is 12.4. The van der Waals surface area contributed by atoms with Crippen LogP contribution >= 0.6 is 8.58 Å². The van der Waals surface area contributed by atoms with Crippen LogP contribution in [0.15, 0.2) is 41.4 Å². The molecule has 0 bridgehead atoms. The summed E-state index contributed by atoms with van der Waals surface area (Å²) in [6.07, 6.45) is 4.07. The lowest BCUT2D eigenvalue weighted by atomic mass is 9.90. The summed E-state index contributed by atoms with van der Waals surface area (Å²) in [4.78, 5) is 4.27. The maximum atomic E-state index is 6.02. The molecule has 2 rings (SSSR count). The second kappa shape index (κ2) is 10.0. The highest BCUT2D eigenvalue weighted by molar-refractivity contribution is 7.48. The van der Waals surface area contributed by atoms with Crippen LogP contribution < -0.4 is 10.0 Å². The summed E-state index contributed by atoms with van der Waals surface area (Å²) in [5.41, 5.74) is 4.91. The maximum absolute atomic E-state index is 6.02. The van der Waals surface area contributed by atoms with E-state index in [1.807, 2.05) is 13.3 Å². The molecular weight excluding hydrogens is 353 g/mol. The number of hydrogen-bond donors (Lipinski definition) is 0. The molecule has 0 radical (unpaired) electrons. The quantitative estimate of drug-likeness (QED) is 0.331. The van der Waals surface area contributed by atoms with Crippen molar-refractivity contribution in [3.63, 3.8) is 0 Å². The van der Waals surface area contributed by atoms with Gasteiger partial charge in [-0.15, -0.1) is 0 Å². The number of hydrogen-bond acceptors (Lipinski definition) is 3. The average molecular weight is 385 g/mol. The van der Waals surface area contributed by atoms with Gasteiger partial charge in [-0.05, 0) is 49.2 Å². The molecule has 1 unspecified atom stereocenters. The Hall–Kier alpha value is -1.70. The van der Waals surface area contributed by atoms with E-state index in [0.29, 0.717) is 8.58 Å². The van der Waals surface area contributed by atoms with Crippen LogP contribution in [0.5, 0.6) is 5.75 Å². The van der Waals surface area contributed by atoms with Gasteiger partial charge in [0.25, 0.3) is 0 Å². The van der Waals surface area contributed by atoms with Crippen molar-refractivity contribution in [3.05, 3.63) is 58.7 Å². The summed E-state index contributed by atoms with van der Waals surface area (Å²) < 4.78 is 11.2. The Kier molecular flexibility index (Phi) is 8.01. The van der Waals surface area contributed by atoms with Gasteiger partial charge in [-0.1, -0.05) is 58.3 Å². The van der Waals surface area contributed by atoms with Gasteiger partial charge < -0.3 is 9.47 Å². The van der Waals surface area contributed by atoms with Gasteiger partial charge in [0, 0.05) is 31.1 Å². The van der Waals surface area contributed by atoms with E-state index in [-0.39, 0.29) is 11.9 Å². The van der Waals surface area contributed by atoms with Gasteiger partial charge in [0.15, 0.2) is 6.79 Å². The highest BCUT2D eigenvalue weighted by Crippen LogP contribution is 2.50. The minimum Gasteiger partial charge on any atom is -0.467 e. The summed E-state index contributed by atoms with van der Waals surface area (Å²) in [6.45, 7) is 9.06. The molecule has 0 heterocycles. The van der Waals surface area contributed by atoms with E-state index in [1.54, 1.807) is 7.11 Å². The molecule has 0 saturated heterocycles. The molecule has 0 amide bonds. The third-order valence-electron chi connectivity index (χ3n) is 5.10. The van der Waals surface area contributed by atoms with Crippen molar-refractivity contribution < 1.29 is 9.47 Å². The molecule has 0 aliphatic rings. The highest BCUT2D eigenvalue weighted by atomic mass is 31.1. The molecule has 0 aliphatic carbocycles. The second-order valence-corrected chi connectivity index (χ2v) is 8.64. The SMILES string of the molecule is CCC(CC)(Pc1ccc(C)cc1/C=N/C)c1cccc(C)c1OCOC. The summed E-state index contributed by atoms with van der Waals surface area (Å²) in [5.74, 6) is 0.966. The van der Waals surface area contributed by atoms with E-state index in [4.69, 9.17) is 9.47 Å². The van der Waals surface area contributed by atoms with E-state index in [0.717, 1.165) is 24.2 Å². The van der Waals surface area contributed by atoms with Gasteiger partial charge in [0.05, 0.1) is 0 Å². The summed E-state index contributed by atoms with van der Waals surface area (Å²) in [6, 6.07) is 13.2. The number of aliphatic imine (C=N–C) groups is 1. The minimum absolute atomic E-state index is 0.0285. The Morgan fingerprint density at radius 3 is 2.48 bits per heavy atom. The highest BCUT2D eigenvalue weighted by Gasteiger charge is 2.33. The first kappa shape index (κ1) is 21.6. The average Bonchev–Trinajstić information content (AvgIpc) is 2.67. The van der Waals surface area contributed by atoms with Crippen LogP contribution in [0.3, 0.4) is 0 Å².